The Balaban J connectivity index is 2.03. The van der Waals surface area contributed by atoms with E-state index in [0.29, 0.717) is 32.2 Å². The molecule has 0 radical (unpaired) electrons. The van der Waals surface area contributed by atoms with Crippen LogP contribution in [0.25, 0.3) is 11.2 Å². The molecule has 0 saturated carbocycles. The van der Waals surface area contributed by atoms with E-state index in [1.54, 1.807) is 6.07 Å². The van der Waals surface area contributed by atoms with Crippen molar-refractivity contribution in [3.8, 4) is 0 Å². The first kappa shape index (κ1) is 22.5. The molecular formula is C19H20BrF2N3O2S2. The fourth-order valence-electron chi connectivity index (χ4n) is 2.63. The Hall–Kier alpha value is -1.20. The predicted octanol–water partition coefficient (Wildman–Crippen LogP) is 5.32. The predicted molar refractivity (Wildman–Crippen MR) is 115 cm³/mol. The van der Waals surface area contributed by atoms with E-state index in [1.165, 1.54) is 23.9 Å². The van der Waals surface area contributed by atoms with Crippen molar-refractivity contribution >= 4 is 50.3 Å². The monoisotopic (exact) mass is 503 g/mol. The van der Waals surface area contributed by atoms with E-state index in [-0.39, 0.29) is 6.42 Å². The summed E-state index contributed by atoms with van der Waals surface area (Å²) in [6, 6.07) is 4.51. The number of oxazole rings is 1. The Morgan fingerprint density at radius 2 is 1.86 bits per heavy atom. The van der Waals surface area contributed by atoms with Gasteiger partial charge in [0, 0.05) is 21.9 Å². The van der Waals surface area contributed by atoms with Gasteiger partial charge in [-0.05, 0) is 73.1 Å². The molecule has 29 heavy (non-hydrogen) atoms. The number of nitrogens with zero attached hydrogens (tertiary/aromatic N) is 2. The van der Waals surface area contributed by atoms with Gasteiger partial charge in [0.05, 0.1) is 11.7 Å². The average molecular weight is 504 g/mol. The minimum Gasteiger partial charge on any atom is -0.598 e. The lowest BCUT2D eigenvalue weighted by atomic mass is 10.0. The standard InChI is InChI=1S/C19H20BrF2N3O2S2/c1-19(2,3)29(26)25-14(7-10-5-11(21)8-12(22)6-10)16-13(20)9-15-17(24-16)27-18(23-15)28-4/h5-6,8-9,14,25H,7H2,1-4H3/t14?,29-/m0/s1. The number of pyridine rings is 1. The highest BCUT2D eigenvalue weighted by atomic mass is 79.9. The minimum absolute atomic E-state index is 0.178. The van der Waals surface area contributed by atoms with Gasteiger partial charge >= 0.3 is 0 Å². The first-order valence-corrected chi connectivity index (χ1v) is 11.9. The van der Waals surface area contributed by atoms with Gasteiger partial charge in [-0.1, -0.05) is 11.8 Å². The minimum atomic E-state index is -1.44. The van der Waals surface area contributed by atoms with E-state index in [2.05, 4.69) is 30.6 Å². The van der Waals surface area contributed by atoms with Crippen LogP contribution in [0.4, 0.5) is 8.78 Å². The number of fused-ring (bicyclic) bond motifs is 1. The van der Waals surface area contributed by atoms with Crippen molar-refractivity contribution in [3.05, 3.63) is 51.6 Å². The molecular weight excluding hydrogens is 484 g/mol. The highest BCUT2D eigenvalue weighted by Gasteiger charge is 2.32. The van der Waals surface area contributed by atoms with Crippen molar-refractivity contribution in [2.45, 2.75) is 43.2 Å². The maximum absolute atomic E-state index is 13.7. The molecule has 10 heteroatoms. The first-order valence-electron chi connectivity index (χ1n) is 8.71. The van der Waals surface area contributed by atoms with Crippen molar-refractivity contribution in [2.75, 3.05) is 6.26 Å². The Bertz CT molecular complexity index is 1010. The van der Waals surface area contributed by atoms with Gasteiger partial charge in [0.15, 0.2) is 0 Å². The molecule has 2 aromatic heterocycles. The third-order valence-corrected chi connectivity index (χ3v) is 6.79. The number of hydrogen-bond donors (Lipinski definition) is 1. The van der Waals surface area contributed by atoms with E-state index in [9.17, 15) is 13.3 Å². The van der Waals surface area contributed by atoms with Crippen LogP contribution in [-0.2, 0) is 17.8 Å². The van der Waals surface area contributed by atoms with Crippen LogP contribution in [0.2, 0.25) is 0 Å². The number of halogens is 3. The number of rotatable bonds is 6. The highest BCUT2D eigenvalue weighted by molar-refractivity contribution is 9.10. The molecule has 0 aliphatic rings. The zero-order valence-electron chi connectivity index (χ0n) is 16.3. The summed E-state index contributed by atoms with van der Waals surface area (Å²) >= 11 is 3.41. The maximum Gasteiger partial charge on any atom is 0.258 e. The summed E-state index contributed by atoms with van der Waals surface area (Å²) in [7, 11) is 0. The van der Waals surface area contributed by atoms with E-state index in [4.69, 9.17) is 4.42 Å². The number of thioether (sulfide) groups is 1. The third kappa shape index (κ3) is 5.49. The Kier molecular flexibility index (Phi) is 6.89. The van der Waals surface area contributed by atoms with E-state index >= 15 is 0 Å². The fourth-order valence-corrected chi connectivity index (χ4v) is 4.37. The molecule has 156 valence electrons. The molecule has 1 aromatic carbocycles. The van der Waals surface area contributed by atoms with Gasteiger partial charge in [-0.25, -0.2) is 18.7 Å². The van der Waals surface area contributed by atoms with Crippen LogP contribution in [0.1, 0.15) is 38.1 Å². The molecule has 0 bridgehead atoms. The van der Waals surface area contributed by atoms with Crippen molar-refractivity contribution in [3.63, 3.8) is 0 Å². The summed E-state index contributed by atoms with van der Waals surface area (Å²) in [6.07, 6.45) is 2.02. The Morgan fingerprint density at radius 3 is 2.45 bits per heavy atom. The van der Waals surface area contributed by atoms with Crippen LogP contribution < -0.4 is 4.72 Å². The fraction of sp³-hybridized carbons (Fsp3) is 0.368. The van der Waals surface area contributed by atoms with E-state index in [0.717, 1.165) is 6.07 Å². The summed E-state index contributed by atoms with van der Waals surface area (Å²) < 4.78 is 48.9. The Labute approximate surface area is 183 Å². The van der Waals surface area contributed by atoms with Crippen LogP contribution in [-0.4, -0.2) is 25.5 Å². The second-order valence-corrected chi connectivity index (χ2v) is 11.0. The van der Waals surface area contributed by atoms with Gasteiger partial charge in [0.1, 0.15) is 21.9 Å². The topological polar surface area (TPSA) is 74.0 Å². The van der Waals surface area contributed by atoms with Crippen LogP contribution in [0.5, 0.6) is 0 Å². The largest absolute Gasteiger partial charge is 0.598 e. The number of hydrogen-bond acceptors (Lipinski definition) is 6. The molecule has 1 N–H and O–H groups in total. The molecule has 0 aliphatic heterocycles. The molecule has 2 heterocycles. The molecule has 0 spiro atoms. The lowest BCUT2D eigenvalue weighted by Gasteiger charge is -2.28. The smallest absolute Gasteiger partial charge is 0.258 e. The Morgan fingerprint density at radius 1 is 1.21 bits per heavy atom. The first-order chi connectivity index (χ1) is 13.6. The molecule has 0 aliphatic carbocycles. The zero-order valence-corrected chi connectivity index (χ0v) is 19.5. The van der Waals surface area contributed by atoms with Gasteiger partial charge in [0.25, 0.3) is 5.22 Å². The van der Waals surface area contributed by atoms with Gasteiger partial charge in [0.2, 0.25) is 5.71 Å². The molecule has 2 atom stereocenters. The normalized spacial score (nSPS) is 14.3. The van der Waals surface area contributed by atoms with Crippen LogP contribution in [0, 0.1) is 11.6 Å². The second-order valence-electron chi connectivity index (χ2n) is 7.40. The molecule has 0 amide bonds. The number of benzene rings is 1. The SMILES string of the molecule is CSc1nc2cc(Br)c(C(Cc3cc(F)cc(F)c3)N[S@@+]([O-])C(C)(C)C)nc2o1. The zero-order chi connectivity index (χ0) is 21.3. The maximum atomic E-state index is 13.7. The summed E-state index contributed by atoms with van der Waals surface area (Å²) in [4.78, 5) is 8.87. The molecule has 0 saturated heterocycles. The second kappa shape index (κ2) is 8.89. The summed E-state index contributed by atoms with van der Waals surface area (Å²) in [5.74, 6) is -1.34. The van der Waals surface area contributed by atoms with E-state index in [1.807, 2.05) is 27.0 Å². The summed E-state index contributed by atoms with van der Waals surface area (Å²) in [6.45, 7) is 5.51. The van der Waals surface area contributed by atoms with Gasteiger partial charge in [-0.15, -0.1) is 4.72 Å². The van der Waals surface area contributed by atoms with Gasteiger partial charge in [-0.3, -0.25) is 0 Å². The number of aromatic nitrogens is 2. The molecule has 3 aromatic rings. The third-order valence-electron chi connectivity index (χ3n) is 4.02. The lowest BCUT2D eigenvalue weighted by Crippen LogP contribution is -2.42. The van der Waals surface area contributed by atoms with Gasteiger partial charge < -0.3 is 8.97 Å². The van der Waals surface area contributed by atoms with Crippen LogP contribution in [0.3, 0.4) is 0 Å². The molecule has 1 unspecified atom stereocenters. The summed E-state index contributed by atoms with van der Waals surface area (Å²) in [5, 5.41) is 0.478. The van der Waals surface area contributed by atoms with Crippen molar-refractivity contribution in [2.24, 2.45) is 0 Å². The van der Waals surface area contributed by atoms with E-state index < -0.39 is 33.8 Å². The van der Waals surface area contributed by atoms with Crippen LogP contribution >= 0.6 is 27.7 Å². The summed E-state index contributed by atoms with van der Waals surface area (Å²) in [5.41, 5.74) is 1.86. The van der Waals surface area contributed by atoms with Crippen molar-refractivity contribution < 1.29 is 17.8 Å². The molecule has 5 nitrogen and oxygen atoms in total. The van der Waals surface area contributed by atoms with Crippen molar-refractivity contribution in [1.82, 2.24) is 14.7 Å². The van der Waals surface area contributed by atoms with Gasteiger partial charge in [-0.2, -0.15) is 0 Å². The highest BCUT2D eigenvalue weighted by Crippen LogP contribution is 2.31. The average Bonchev–Trinajstić information content (AvgIpc) is 3.00. The number of nitrogens with one attached hydrogen (secondary N) is 1. The molecule has 0 fully saturated rings. The quantitative estimate of drug-likeness (QED) is 0.362. The molecule has 3 rings (SSSR count). The lowest BCUT2D eigenvalue weighted by molar-refractivity contribution is 0.478. The van der Waals surface area contributed by atoms with Crippen LogP contribution in [0.15, 0.2) is 38.4 Å². The van der Waals surface area contributed by atoms with Crippen molar-refractivity contribution in [1.29, 1.82) is 0 Å².